The van der Waals surface area contributed by atoms with Crippen molar-refractivity contribution in [3.05, 3.63) is 57.5 Å². The van der Waals surface area contributed by atoms with Crippen LogP contribution >= 0.6 is 0 Å². The molecule has 2 N–H and O–H groups in total. The Hall–Kier alpha value is -2.90. The Morgan fingerprint density at radius 3 is 2.96 bits per heavy atom. The lowest BCUT2D eigenvalue weighted by molar-refractivity contribution is -0.121. The van der Waals surface area contributed by atoms with Gasteiger partial charge in [-0.3, -0.25) is 19.1 Å². The van der Waals surface area contributed by atoms with Crippen molar-refractivity contribution < 1.29 is 4.79 Å². The first-order valence-corrected chi connectivity index (χ1v) is 8.34. The predicted molar refractivity (Wildman–Crippen MR) is 93.5 cm³/mol. The van der Waals surface area contributed by atoms with Gasteiger partial charge in [0.15, 0.2) is 0 Å². The summed E-state index contributed by atoms with van der Waals surface area (Å²) in [4.78, 5) is 43.4. The molecule has 0 aromatic carbocycles. The van der Waals surface area contributed by atoms with Crippen molar-refractivity contribution in [2.75, 3.05) is 24.5 Å². The van der Waals surface area contributed by atoms with Crippen molar-refractivity contribution >= 4 is 11.7 Å². The van der Waals surface area contributed by atoms with E-state index < -0.39 is 11.2 Å². The van der Waals surface area contributed by atoms with Gasteiger partial charge in [0, 0.05) is 38.1 Å². The molecule has 0 radical (unpaired) electrons. The molecule has 1 atom stereocenters. The molecule has 1 saturated heterocycles. The van der Waals surface area contributed by atoms with Crippen molar-refractivity contribution in [2.24, 2.45) is 5.92 Å². The number of amides is 1. The summed E-state index contributed by atoms with van der Waals surface area (Å²) < 4.78 is 1.18. The second-order valence-electron chi connectivity index (χ2n) is 6.18. The largest absolute Gasteiger partial charge is 0.356 e. The quantitative estimate of drug-likeness (QED) is 0.794. The summed E-state index contributed by atoms with van der Waals surface area (Å²) in [6.07, 6.45) is 5.20. The Balaban J connectivity index is 1.51. The van der Waals surface area contributed by atoms with Crippen LogP contribution in [0.1, 0.15) is 12.8 Å². The SMILES string of the molecule is O=C(Cn1ccc(=O)[nH]c1=O)NCC1CCCN(c2ccccn2)C1. The zero-order valence-electron chi connectivity index (χ0n) is 13.9. The molecule has 1 aliphatic rings. The van der Waals surface area contributed by atoms with Crippen LogP contribution in [0.4, 0.5) is 5.82 Å². The van der Waals surface area contributed by atoms with Crippen LogP contribution in [0.5, 0.6) is 0 Å². The van der Waals surface area contributed by atoms with Gasteiger partial charge in [0.25, 0.3) is 5.56 Å². The van der Waals surface area contributed by atoms with Gasteiger partial charge in [0.2, 0.25) is 5.91 Å². The number of rotatable bonds is 5. The number of carbonyl (C=O) groups is 1. The second kappa shape index (κ2) is 7.78. The Morgan fingerprint density at radius 1 is 1.32 bits per heavy atom. The molecule has 0 aliphatic carbocycles. The molecule has 8 heteroatoms. The van der Waals surface area contributed by atoms with Gasteiger partial charge in [0.05, 0.1) is 0 Å². The Morgan fingerprint density at radius 2 is 2.20 bits per heavy atom. The number of aromatic nitrogens is 3. The van der Waals surface area contributed by atoms with E-state index in [0.29, 0.717) is 12.5 Å². The van der Waals surface area contributed by atoms with E-state index in [1.807, 2.05) is 18.2 Å². The summed E-state index contributed by atoms with van der Waals surface area (Å²) >= 11 is 0. The normalized spacial score (nSPS) is 17.3. The van der Waals surface area contributed by atoms with E-state index in [9.17, 15) is 14.4 Å². The lowest BCUT2D eigenvalue weighted by Gasteiger charge is -2.33. The smallest absolute Gasteiger partial charge is 0.328 e. The lowest BCUT2D eigenvalue weighted by atomic mass is 9.98. The van der Waals surface area contributed by atoms with Crippen molar-refractivity contribution in [2.45, 2.75) is 19.4 Å². The highest BCUT2D eigenvalue weighted by atomic mass is 16.2. The fourth-order valence-corrected chi connectivity index (χ4v) is 3.02. The van der Waals surface area contributed by atoms with Crippen LogP contribution in [0.3, 0.4) is 0 Å². The van der Waals surface area contributed by atoms with E-state index in [1.54, 1.807) is 6.20 Å². The van der Waals surface area contributed by atoms with Crippen LogP contribution in [-0.4, -0.2) is 40.1 Å². The van der Waals surface area contributed by atoms with Crippen LogP contribution in [0.25, 0.3) is 0 Å². The summed E-state index contributed by atoms with van der Waals surface area (Å²) in [6, 6.07) is 7.07. The molecule has 2 aromatic heterocycles. The predicted octanol–water partition coefficient (Wildman–Crippen LogP) is -0.0356. The minimum atomic E-state index is -0.582. The third-order valence-electron chi connectivity index (χ3n) is 4.29. The van der Waals surface area contributed by atoms with Gasteiger partial charge in [-0.05, 0) is 30.9 Å². The molecule has 2 aromatic rings. The van der Waals surface area contributed by atoms with Crippen LogP contribution < -0.4 is 21.5 Å². The number of H-pyrrole nitrogens is 1. The van der Waals surface area contributed by atoms with Gasteiger partial charge in [-0.2, -0.15) is 0 Å². The summed E-state index contributed by atoms with van der Waals surface area (Å²) in [7, 11) is 0. The van der Waals surface area contributed by atoms with E-state index in [2.05, 4.69) is 20.2 Å². The molecular formula is C17H21N5O3. The third-order valence-corrected chi connectivity index (χ3v) is 4.29. The summed E-state index contributed by atoms with van der Waals surface area (Å²) in [6.45, 7) is 2.26. The molecule has 1 amide bonds. The van der Waals surface area contributed by atoms with Crippen molar-refractivity contribution in [1.29, 1.82) is 0 Å². The lowest BCUT2D eigenvalue weighted by Crippen LogP contribution is -2.42. The molecule has 0 spiro atoms. The van der Waals surface area contributed by atoms with Gasteiger partial charge < -0.3 is 10.2 Å². The molecule has 1 fully saturated rings. The fourth-order valence-electron chi connectivity index (χ4n) is 3.02. The molecule has 8 nitrogen and oxygen atoms in total. The third kappa shape index (κ3) is 4.56. The number of piperidine rings is 1. The molecule has 132 valence electrons. The Bertz CT molecular complexity index is 830. The van der Waals surface area contributed by atoms with E-state index in [4.69, 9.17) is 0 Å². The molecular weight excluding hydrogens is 322 g/mol. The van der Waals surface area contributed by atoms with E-state index in [-0.39, 0.29) is 12.5 Å². The highest BCUT2D eigenvalue weighted by Gasteiger charge is 2.21. The average molecular weight is 343 g/mol. The maximum absolute atomic E-state index is 12.1. The van der Waals surface area contributed by atoms with Gasteiger partial charge >= 0.3 is 5.69 Å². The highest BCUT2D eigenvalue weighted by molar-refractivity contribution is 5.75. The average Bonchev–Trinajstić information content (AvgIpc) is 2.63. The van der Waals surface area contributed by atoms with Crippen LogP contribution in [0.2, 0.25) is 0 Å². The maximum atomic E-state index is 12.1. The molecule has 25 heavy (non-hydrogen) atoms. The molecule has 1 unspecified atom stereocenters. The summed E-state index contributed by atoms with van der Waals surface area (Å²) in [5.74, 6) is 1.05. The van der Waals surface area contributed by atoms with Gasteiger partial charge in [-0.15, -0.1) is 0 Å². The minimum Gasteiger partial charge on any atom is -0.356 e. The van der Waals surface area contributed by atoms with Crippen LogP contribution in [0, 0.1) is 5.92 Å². The van der Waals surface area contributed by atoms with Crippen molar-refractivity contribution in [1.82, 2.24) is 19.9 Å². The van der Waals surface area contributed by atoms with Crippen molar-refractivity contribution in [3.63, 3.8) is 0 Å². The van der Waals surface area contributed by atoms with Crippen molar-refractivity contribution in [3.8, 4) is 0 Å². The number of aromatic amines is 1. The maximum Gasteiger partial charge on any atom is 0.328 e. The first kappa shape index (κ1) is 16.9. The molecule has 0 saturated carbocycles. The molecule has 1 aliphatic heterocycles. The monoisotopic (exact) mass is 343 g/mol. The fraction of sp³-hybridized carbons (Fsp3) is 0.412. The summed E-state index contributed by atoms with van der Waals surface area (Å²) in [5, 5.41) is 2.88. The second-order valence-corrected chi connectivity index (χ2v) is 6.18. The number of pyridine rings is 1. The van der Waals surface area contributed by atoms with Gasteiger partial charge in [-0.1, -0.05) is 6.07 Å². The van der Waals surface area contributed by atoms with Gasteiger partial charge in [-0.25, -0.2) is 9.78 Å². The minimum absolute atomic E-state index is 0.105. The number of nitrogens with one attached hydrogen (secondary N) is 2. The zero-order valence-corrected chi connectivity index (χ0v) is 13.9. The zero-order chi connectivity index (χ0) is 17.6. The number of hydrogen-bond donors (Lipinski definition) is 2. The topological polar surface area (TPSA) is 100 Å². The number of hydrogen-bond acceptors (Lipinski definition) is 5. The first-order valence-electron chi connectivity index (χ1n) is 8.34. The van der Waals surface area contributed by atoms with Crippen LogP contribution in [-0.2, 0) is 11.3 Å². The number of anilines is 1. The highest BCUT2D eigenvalue weighted by Crippen LogP contribution is 2.20. The molecule has 3 heterocycles. The first-order chi connectivity index (χ1) is 12.1. The van der Waals surface area contributed by atoms with E-state index in [1.165, 1.54) is 16.8 Å². The molecule has 0 bridgehead atoms. The van der Waals surface area contributed by atoms with E-state index >= 15 is 0 Å². The van der Waals surface area contributed by atoms with E-state index in [0.717, 1.165) is 31.7 Å². The Kier molecular flexibility index (Phi) is 5.27. The van der Waals surface area contributed by atoms with Gasteiger partial charge in [0.1, 0.15) is 12.4 Å². The molecule has 3 rings (SSSR count). The number of nitrogens with zero attached hydrogens (tertiary/aromatic N) is 3. The van der Waals surface area contributed by atoms with Crippen LogP contribution in [0.15, 0.2) is 46.2 Å². The summed E-state index contributed by atoms with van der Waals surface area (Å²) in [5.41, 5.74) is -1.06. The standard InChI is InChI=1S/C17H21N5O3/c23-15-6-9-22(17(25)20-15)12-16(24)19-10-13-4-3-8-21(11-13)14-5-1-2-7-18-14/h1-2,5-7,9,13H,3-4,8,10-12H2,(H,19,24)(H,20,23,25). The Labute approximate surface area is 144 Å². The number of carbonyl (C=O) groups excluding carboxylic acids is 1.